The van der Waals surface area contributed by atoms with E-state index in [2.05, 4.69) is 49.1 Å². The average molecular weight is 1020 g/mol. The van der Waals surface area contributed by atoms with Crippen LogP contribution in [0.2, 0.25) is 0 Å². The predicted octanol–water partition coefficient (Wildman–Crippen LogP) is -0.432. The number of piperidine rings is 1. The van der Waals surface area contributed by atoms with Crippen LogP contribution in [0.4, 0.5) is 4.79 Å². The van der Waals surface area contributed by atoms with Gasteiger partial charge in [0.15, 0.2) is 0 Å². The Hall–Kier alpha value is -8.42. The fourth-order valence-corrected chi connectivity index (χ4v) is 7.80. The first-order valence-electron chi connectivity index (χ1n) is 24.2. The normalized spacial score (nSPS) is 15.4. The maximum absolute atomic E-state index is 13.7. The van der Waals surface area contributed by atoms with E-state index in [1.165, 1.54) is 17.1 Å². The SMILES string of the molecule is CC(C)(C)OC(=O)NCCCC#Cc1cccc2c1CN(C1CCC(=O)N(CNC(=O)CNC(=O)CNC(=O)[C@H](Cc3ccccc3)NC(=O)CNC(=O)CNC(=O)CCCCCN3C(=O)C=CC3=O)C1=O)C2=O. The molecule has 0 aromatic heterocycles. The minimum atomic E-state index is -1.20. The van der Waals surface area contributed by atoms with E-state index in [9.17, 15) is 57.5 Å². The van der Waals surface area contributed by atoms with Gasteiger partial charge in [0.05, 0.1) is 26.2 Å². The first-order valence-corrected chi connectivity index (χ1v) is 24.2. The predicted molar refractivity (Wildman–Crippen MR) is 263 cm³/mol. The molecule has 7 N–H and O–H groups in total. The van der Waals surface area contributed by atoms with Crippen molar-refractivity contribution in [1.82, 2.24) is 51.9 Å². The van der Waals surface area contributed by atoms with Crippen molar-refractivity contribution < 1.29 is 62.3 Å². The van der Waals surface area contributed by atoms with Crippen molar-refractivity contribution in [3.63, 3.8) is 0 Å². The lowest BCUT2D eigenvalue weighted by atomic mass is 10.0. The first-order chi connectivity index (χ1) is 35.3. The van der Waals surface area contributed by atoms with Crippen LogP contribution in [0.1, 0.15) is 99.2 Å². The van der Waals surface area contributed by atoms with E-state index in [1.807, 2.05) is 0 Å². The molecule has 2 aromatic carbocycles. The fourth-order valence-electron chi connectivity index (χ4n) is 7.80. The standard InChI is InChI=1S/C51H62N10O13/c1-51(2,3)74-50(73)52-24-11-5-9-16-34-17-13-18-35-36(34)31-60(48(35)71)38-20-21-46(69)61(49(38)72)32-57-42(65)28-54-41(64)29-56-47(70)37(26-33-14-7-4-8-15-33)58-43(66)30-55-40(63)27-53-39(62)19-10-6-12-25-59-44(67)22-23-45(59)68/h4,7-8,13-15,17-18,22-23,37-38H,5-6,10-12,19-21,24-32H2,1-3H3,(H,52,73)(H,53,62)(H,54,64)(H,55,63)(H,56,70)(H,57,65)(H,58,66)/t37-,38?/m0/s1. The van der Waals surface area contributed by atoms with Crippen molar-refractivity contribution in [2.45, 2.75) is 103 Å². The lowest BCUT2D eigenvalue weighted by Crippen LogP contribution is -2.57. The van der Waals surface area contributed by atoms with Crippen LogP contribution in [0.15, 0.2) is 60.7 Å². The van der Waals surface area contributed by atoms with Crippen LogP contribution in [0, 0.1) is 11.8 Å². The van der Waals surface area contributed by atoms with Crippen LogP contribution in [0.3, 0.4) is 0 Å². The van der Waals surface area contributed by atoms with E-state index in [-0.39, 0.29) is 50.6 Å². The number of amides is 12. The molecule has 0 aliphatic carbocycles. The molecule has 1 fully saturated rings. The van der Waals surface area contributed by atoms with E-state index in [1.54, 1.807) is 69.3 Å². The quantitative estimate of drug-likeness (QED) is 0.0400. The summed E-state index contributed by atoms with van der Waals surface area (Å²) in [7, 11) is 0. The molecule has 1 saturated heterocycles. The number of carbonyl (C=O) groups is 12. The molecule has 74 heavy (non-hydrogen) atoms. The van der Waals surface area contributed by atoms with Gasteiger partial charge < -0.3 is 46.9 Å². The van der Waals surface area contributed by atoms with Crippen LogP contribution in [0.25, 0.3) is 0 Å². The van der Waals surface area contributed by atoms with Gasteiger partial charge in [0.1, 0.15) is 24.4 Å². The molecule has 2 atom stereocenters. The minimum absolute atomic E-state index is 0.0105. The van der Waals surface area contributed by atoms with Crippen LogP contribution in [-0.2, 0) is 65.6 Å². The summed E-state index contributed by atoms with van der Waals surface area (Å²) < 4.78 is 5.23. The van der Waals surface area contributed by atoms with Crippen LogP contribution >= 0.6 is 0 Å². The zero-order chi connectivity index (χ0) is 53.8. The Balaban J connectivity index is 1.01. The Morgan fingerprint density at radius 2 is 1.35 bits per heavy atom. The first kappa shape index (κ1) is 56.5. The molecule has 394 valence electrons. The molecule has 2 aromatic rings. The van der Waals surface area contributed by atoms with Crippen LogP contribution in [-0.4, -0.2) is 149 Å². The second kappa shape index (κ2) is 27.4. The third-order valence-electron chi connectivity index (χ3n) is 11.5. The molecular weight excluding hydrogens is 961 g/mol. The monoisotopic (exact) mass is 1020 g/mol. The maximum atomic E-state index is 13.7. The molecule has 3 heterocycles. The third kappa shape index (κ3) is 17.7. The third-order valence-corrected chi connectivity index (χ3v) is 11.5. The fraction of sp³-hybridized carbons (Fsp3) is 0.451. The van der Waals surface area contributed by atoms with Crippen molar-refractivity contribution in [1.29, 1.82) is 0 Å². The Kier molecular flexibility index (Phi) is 20.9. The number of carbonyl (C=O) groups excluding carboxylic acids is 12. The maximum Gasteiger partial charge on any atom is 0.407 e. The van der Waals surface area contributed by atoms with Gasteiger partial charge in [-0.3, -0.25) is 62.5 Å². The number of ether oxygens (including phenoxy) is 1. The summed E-state index contributed by atoms with van der Waals surface area (Å²) in [6.45, 7) is 3.31. The smallest absolute Gasteiger partial charge is 0.407 e. The summed E-state index contributed by atoms with van der Waals surface area (Å²) in [5.41, 5.74) is 1.68. The van der Waals surface area contributed by atoms with Crippen molar-refractivity contribution in [3.05, 3.63) is 82.9 Å². The van der Waals surface area contributed by atoms with Crippen molar-refractivity contribution in [2.24, 2.45) is 0 Å². The van der Waals surface area contributed by atoms with Crippen molar-refractivity contribution in [2.75, 3.05) is 45.9 Å². The number of alkyl carbamates (subject to hydrolysis) is 1. The number of benzene rings is 2. The highest BCUT2D eigenvalue weighted by molar-refractivity contribution is 6.13. The molecule has 0 bridgehead atoms. The number of rotatable bonds is 24. The van der Waals surface area contributed by atoms with E-state index in [0.29, 0.717) is 60.9 Å². The van der Waals surface area contributed by atoms with Crippen LogP contribution < -0.4 is 37.2 Å². The zero-order valence-corrected chi connectivity index (χ0v) is 41.6. The lowest BCUT2D eigenvalue weighted by molar-refractivity contribution is -0.153. The minimum Gasteiger partial charge on any atom is -0.444 e. The number of nitrogens with zero attached hydrogens (tertiary/aromatic N) is 3. The summed E-state index contributed by atoms with van der Waals surface area (Å²) in [4.78, 5) is 155. The Morgan fingerprint density at radius 3 is 2.04 bits per heavy atom. The number of nitrogens with one attached hydrogen (secondary N) is 7. The van der Waals surface area contributed by atoms with E-state index in [0.717, 1.165) is 9.80 Å². The largest absolute Gasteiger partial charge is 0.444 e. The number of fused-ring (bicyclic) bond motifs is 1. The van der Waals surface area contributed by atoms with Gasteiger partial charge in [0.2, 0.25) is 41.4 Å². The number of hydrogen-bond donors (Lipinski definition) is 7. The Bertz CT molecular complexity index is 2570. The highest BCUT2D eigenvalue weighted by Crippen LogP contribution is 2.31. The molecule has 0 saturated carbocycles. The molecule has 0 radical (unpaired) electrons. The van der Waals surface area contributed by atoms with Crippen molar-refractivity contribution in [3.8, 4) is 11.8 Å². The van der Waals surface area contributed by atoms with Gasteiger partial charge in [0.25, 0.3) is 23.6 Å². The zero-order valence-electron chi connectivity index (χ0n) is 41.6. The van der Waals surface area contributed by atoms with Crippen LogP contribution in [0.5, 0.6) is 0 Å². The highest BCUT2D eigenvalue weighted by atomic mass is 16.6. The van der Waals surface area contributed by atoms with Gasteiger partial charge in [-0.2, -0.15) is 0 Å². The van der Waals surface area contributed by atoms with Gasteiger partial charge in [0, 0.05) is 68.6 Å². The molecule has 23 heteroatoms. The number of unbranched alkanes of at least 4 members (excludes halogenated alkanes) is 3. The molecule has 12 amide bonds. The van der Waals surface area contributed by atoms with Crippen molar-refractivity contribution >= 4 is 71.1 Å². The lowest BCUT2D eigenvalue weighted by Gasteiger charge is -2.35. The molecule has 0 spiro atoms. The molecule has 3 aliphatic heterocycles. The van der Waals surface area contributed by atoms with Gasteiger partial charge in [-0.1, -0.05) is 54.7 Å². The summed E-state index contributed by atoms with van der Waals surface area (Å²) in [5, 5.41) is 17.2. The Labute approximate surface area is 427 Å². The second-order valence-corrected chi connectivity index (χ2v) is 18.4. The van der Waals surface area contributed by atoms with E-state index < -0.39 is 110 Å². The van der Waals surface area contributed by atoms with Gasteiger partial charge in [-0.15, -0.1) is 0 Å². The summed E-state index contributed by atoms with van der Waals surface area (Å²) in [5.74, 6) is -0.368. The second-order valence-electron chi connectivity index (χ2n) is 18.4. The molecule has 3 aliphatic rings. The molecule has 23 nitrogen and oxygen atoms in total. The highest BCUT2D eigenvalue weighted by Gasteiger charge is 2.43. The topological polar surface area (TPSA) is 308 Å². The van der Waals surface area contributed by atoms with E-state index in [4.69, 9.17) is 4.74 Å². The number of hydrogen-bond acceptors (Lipinski definition) is 13. The number of imide groups is 2. The number of likely N-dealkylation sites (tertiary alicyclic amines) is 1. The van der Waals surface area contributed by atoms with E-state index >= 15 is 0 Å². The summed E-state index contributed by atoms with van der Waals surface area (Å²) in [6.07, 6.45) is 4.54. The summed E-state index contributed by atoms with van der Waals surface area (Å²) in [6, 6.07) is 11.6. The van der Waals surface area contributed by atoms with Gasteiger partial charge in [-0.25, -0.2) is 4.79 Å². The molecule has 1 unspecified atom stereocenters. The molecular formula is C51H62N10O13. The van der Waals surface area contributed by atoms with Gasteiger partial charge >= 0.3 is 6.09 Å². The van der Waals surface area contributed by atoms with Gasteiger partial charge in [-0.05, 0) is 69.7 Å². The molecule has 5 rings (SSSR count). The summed E-state index contributed by atoms with van der Waals surface area (Å²) >= 11 is 0. The average Bonchev–Trinajstić information content (AvgIpc) is 3.87. The Morgan fingerprint density at radius 1 is 0.703 bits per heavy atom.